The predicted molar refractivity (Wildman–Crippen MR) is 101 cm³/mol. The van der Waals surface area contributed by atoms with Gasteiger partial charge < -0.3 is 4.74 Å². The maximum Gasteiger partial charge on any atom is 0.262 e. The topological polar surface area (TPSA) is 73.2 Å². The number of rotatable bonds is 6. The van der Waals surface area contributed by atoms with E-state index in [-0.39, 0.29) is 10.7 Å². The molecule has 0 fully saturated rings. The van der Waals surface area contributed by atoms with Gasteiger partial charge in [-0.25, -0.2) is 12.8 Å². The highest BCUT2D eigenvalue weighted by Crippen LogP contribution is 2.25. The van der Waals surface area contributed by atoms with E-state index in [1.54, 1.807) is 42.8 Å². The van der Waals surface area contributed by atoms with Crippen LogP contribution in [0.1, 0.15) is 17.0 Å². The van der Waals surface area contributed by atoms with Crippen LogP contribution in [0.3, 0.4) is 0 Å². The molecule has 0 radical (unpaired) electrons. The number of aryl methyl sites for hydroxylation is 1. The Morgan fingerprint density at radius 3 is 2.48 bits per heavy atom. The van der Waals surface area contributed by atoms with Crippen molar-refractivity contribution in [1.29, 1.82) is 0 Å². The number of benzene rings is 2. The third-order valence-electron chi connectivity index (χ3n) is 4.21. The number of hydrogen-bond donors (Lipinski definition) is 1. The second-order valence-electron chi connectivity index (χ2n) is 6.11. The molecule has 142 valence electrons. The first kappa shape index (κ1) is 18.9. The first-order valence-electron chi connectivity index (χ1n) is 8.25. The Hall–Kier alpha value is -2.87. The molecular formula is C19H20FN3O3S. The second-order valence-corrected chi connectivity index (χ2v) is 7.80. The first-order valence-corrected chi connectivity index (χ1v) is 9.74. The molecule has 3 aromatic rings. The molecule has 8 heteroatoms. The quantitative estimate of drug-likeness (QED) is 0.700. The molecule has 0 saturated heterocycles. The molecule has 1 heterocycles. The van der Waals surface area contributed by atoms with Crippen LogP contribution in [0.25, 0.3) is 0 Å². The van der Waals surface area contributed by atoms with E-state index < -0.39 is 10.0 Å². The molecule has 0 aliphatic rings. The highest BCUT2D eigenvalue weighted by molar-refractivity contribution is 7.92. The Bertz CT molecular complexity index is 1060. The Kier molecular flexibility index (Phi) is 5.18. The van der Waals surface area contributed by atoms with E-state index in [1.165, 1.54) is 31.4 Å². The van der Waals surface area contributed by atoms with Crippen molar-refractivity contribution in [1.82, 2.24) is 9.78 Å². The van der Waals surface area contributed by atoms with Crippen molar-refractivity contribution in [2.45, 2.75) is 25.3 Å². The molecule has 3 rings (SSSR count). The molecule has 0 unspecified atom stereocenters. The summed E-state index contributed by atoms with van der Waals surface area (Å²) in [5.41, 5.74) is 2.35. The number of ether oxygens (including phenoxy) is 1. The van der Waals surface area contributed by atoms with Gasteiger partial charge in [0.1, 0.15) is 11.6 Å². The Morgan fingerprint density at radius 2 is 1.85 bits per heavy atom. The summed E-state index contributed by atoms with van der Waals surface area (Å²) < 4.78 is 48.0. The normalized spacial score (nSPS) is 11.4. The van der Waals surface area contributed by atoms with Crippen molar-refractivity contribution >= 4 is 15.7 Å². The third kappa shape index (κ3) is 4.11. The van der Waals surface area contributed by atoms with Crippen molar-refractivity contribution in [3.8, 4) is 5.75 Å². The zero-order valence-corrected chi connectivity index (χ0v) is 16.0. The molecule has 0 spiro atoms. The predicted octanol–water partition coefficient (Wildman–Crippen LogP) is 3.50. The van der Waals surface area contributed by atoms with Gasteiger partial charge >= 0.3 is 0 Å². The van der Waals surface area contributed by atoms with Gasteiger partial charge in [0.2, 0.25) is 0 Å². The van der Waals surface area contributed by atoms with Crippen molar-refractivity contribution in [3.05, 3.63) is 71.3 Å². The van der Waals surface area contributed by atoms with E-state index in [1.807, 2.05) is 0 Å². The highest BCUT2D eigenvalue weighted by Gasteiger charge is 2.20. The van der Waals surface area contributed by atoms with Gasteiger partial charge in [-0.3, -0.25) is 9.40 Å². The molecule has 2 aromatic carbocycles. The van der Waals surface area contributed by atoms with Crippen molar-refractivity contribution in [3.63, 3.8) is 0 Å². The number of halogens is 1. The summed E-state index contributed by atoms with van der Waals surface area (Å²) in [5, 5.41) is 4.39. The van der Waals surface area contributed by atoms with Gasteiger partial charge in [-0.05, 0) is 55.8 Å². The summed E-state index contributed by atoms with van der Waals surface area (Å²) in [7, 11) is -2.25. The van der Waals surface area contributed by atoms with Gasteiger partial charge in [-0.15, -0.1) is 0 Å². The van der Waals surface area contributed by atoms with E-state index in [0.29, 0.717) is 29.4 Å². The van der Waals surface area contributed by atoms with Gasteiger partial charge in [-0.2, -0.15) is 5.10 Å². The van der Waals surface area contributed by atoms with Gasteiger partial charge in [0.25, 0.3) is 10.0 Å². The standard InChI is InChI=1S/C19H20FN3O3S/c1-13-19(22-27(24,25)18-9-7-17(26-3)8-10-18)14(2)23(21-13)12-15-5-4-6-16(20)11-15/h4-11,22H,12H2,1-3H3. The molecule has 0 aliphatic heterocycles. The zero-order chi connectivity index (χ0) is 19.6. The Balaban J connectivity index is 1.87. The number of sulfonamides is 1. The van der Waals surface area contributed by atoms with Crippen LogP contribution in [0.5, 0.6) is 5.75 Å². The molecule has 0 amide bonds. The molecule has 27 heavy (non-hydrogen) atoms. The van der Waals surface area contributed by atoms with Gasteiger partial charge in [0.15, 0.2) is 0 Å². The van der Waals surface area contributed by atoms with Crippen LogP contribution >= 0.6 is 0 Å². The minimum atomic E-state index is -3.77. The summed E-state index contributed by atoms with van der Waals surface area (Å²) in [6, 6.07) is 12.3. The average Bonchev–Trinajstić information content (AvgIpc) is 2.89. The number of nitrogens with zero attached hydrogens (tertiary/aromatic N) is 2. The van der Waals surface area contributed by atoms with Crippen LogP contribution in [0.15, 0.2) is 53.4 Å². The van der Waals surface area contributed by atoms with Crippen molar-refractivity contribution in [2.75, 3.05) is 11.8 Å². The number of anilines is 1. The fourth-order valence-electron chi connectivity index (χ4n) is 2.75. The Labute approximate surface area is 157 Å². The lowest BCUT2D eigenvalue weighted by atomic mass is 10.2. The van der Waals surface area contributed by atoms with Crippen molar-refractivity contribution < 1.29 is 17.5 Å². The summed E-state index contributed by atoms with van der Waals surface area (Å²) in [6.45, 7) is 3.83. The highest BCUT2D eigenvalue weighted by atomic mass is 32.2. The maximum atomic E-state index is 13.4. The van der Waals surface area contributed by atoms with E-state index in [2.05, 4.69) is 9.82 Å². The molecule has 0 atom stereocenters. The average molecular weight is 389 g/mol. The smallest absolute Gasteiger partial charge is 0.262 e. The SMILES string of the molecule is COc1ccc(S(=O)(=O)Nc2c(C)nn(Cc3cccc(F)c3)c2C)cc1. The first-order chi connectivity index (χ1) is 12.8. The summed E-state index contributed by atoms with van der Waals surface area (Å²) in [4.78, 5) is 0.125. The summed E-state index contributed by atoms with van der Waals surface area (Å²) in [6.07, 6.45) is 0. The Morgan fingerprint density at radius 1 is 1.15 bits per heavy atom. The zero-order valence-electron chi connectivity index (χ0n) is 15.2. The van der Waals surface area contributed by atoms with Crippen LogP contribution in [0.4, 0.5) is 10.1 Å². The fraction of sp³-hybridized carbons (Fsp3) is 0.211. The minimum absolute atomic E-state index is 0.125. The van der Waals surface area contributed by atoms with Gasteiger partial charge in [0, 0.05) is 0 Å². The van der Waals surface area contributed by atoms with Gasteiger partial charge in [-0.1, -0.05) is 12.1 Å². The lowest BCUT2D eigenvalue weighted by Gasteiger charge is -2.10. The summed E-state index contributed by atoms with van der Waals surface area (Å²) in [5.74, 6) is 0.249. The van der Waals surface area contributed by atoms with E-state index >= 15 is 0 Å². The number of aromatic nitrogens is 2. The number of hydrogen-bond acceptors (Lipinski definition) is 4. The van der Waals surface area contributed by atoms with Gasteiger partial charge in [0.05, 0.1) is 35.6 Å². The molecule has 0 saturated carbocycles. The van der Waals surface area contributed by atoms with Crippen LogP contribution in [-0.4, -0.2) is 25.3 Å². The van der Waals surface area contributed by atoms with E-state index in [4.69, 9.17) is 4.74 Å². The monoisotopic (exact) mass is 389 g/mol. The lowest BCUT2D eigenvalue weighted by molar-refractivity contribution is 0.414. The second kappa shape index (κ2) is 7.40. The molecule has 1 N–H and O–H groups in total. The maximum absolute atomic E-state index is 13.4. The number of nitrogens with one attached hydrogen (secondary N) is 1. The van der Waals surface area contributed by atoms with Crippen LogP contribution in [-0.2, 0) is 16.6 Å². The molecular weight excluding hydrogens is 369 g/mol. The number of methoxy groups -OCH3 is 1. The minimum Gasteiger partial charge on any atom is -0.497 e. The third-order valence-corrected chi connectivity index (χ3v) is 5.57. The molecule has 6 nitrogen and oxygen atoms in total. The van der Waals surface area contributed by atoms with E-state index in [9.17, 15) is 12.8 Å². The largest absolute Gasteiger partial charge is 0.497 e. The molecule has 0 aliphatic carbocycles. The lowest BCUT2D eigenvalue weighted by Crippen LogP contribution is -2.14. The summed E-state index contributed by atoms with van der Waals surface area (Å²) >= 11 is 0. The van der Waals surface area contributed by atoms with Crippen LogP contribution in [0, 0.1) is 19.7 Å². The molecule has 0 bridgehead atoms. The van der Waals surface area contributed by atoms with Crippen LogP contribution in [0.2, 0.25) is 0 Å². The fourth-order valence-corrected chi connectivity index (χ4v) is 3.93. The van der Waals surface area contributed by atoms with Crippen molar-refractivity contribution in [2.24, 2.45) is 0 Å². The molecule has 1 aromatic heterocycles. The van der Waals surface area contributed by atoms with Crippen LogP contribution < -0.4 is 9.46 Å². The van der Waals surface area contributed by atoms with E-state index in [0.717, 1.165) is 5.56 Å².